The van der Waals surface area contributed by atoms with E-state index in [0.717, 1.165) is 16.6 Å². The molecule has 1 heterocycles. The molecule has 0 aliphatic carbocycles. The van der Waals surface area contributed by atoms with Crippen molar-refractivity contribution in [2.24, 2.45) is 5.92 Å². The van der Waals surface area contributed by atoms with Crippen LogP contribution < -0.4 is 0 Å². The molecule has 3 nitrogen and oxygen atoms in total. The maximum atomic E-state index is 11.6. The molecule has 2 rings (SSSR count). The van der Waals surface area contributed by atoms with Crippen LogP contribution in [-0.2, 0) is 4.79 Å². The Morgan fingerprint density at radius 2 is 2.05 bits per heavy atom. The van der Waals surface area contributed by atoms with Crippen molar-refractivity contribution in [2.75, 3.05) is 13.1 Å². The minimum atomic E-state index is -0.749. The molecule has 5 heteroatoms. The predicted octanol–water partition coefficient (Wildman–Crippen LogP) is 4.00. The number of hydrogen-bond donors (Lipinski definition) is 1. The monoisotopic (exact) mass is 359 g/mol. The van der Waals surface area contributed by atoms with Gasteiger partial charge in [-0.2, -0.15) is 0 Å². The summed E-state index contributed by atoms with van der Waals surface area (Å²) in [6.45, 7) is 7.62. The molecule has 1 aromatic rings. The summed E-state index contributed by atoms with van der Waals surface area (Å²) in [6.07, 6.45) is 0. The van der Waals surface area contributed by atoms with Crippen LogP contribution >= 0.6 is 27.5 Å². The Labute approximate surface area is 133 Å². The van der Waals surface area contributed by atoms with Crippen LogP contribution in [0.3, 0.4) is 0 Å². The molecular formula is C15H19BrClNO2. The third-order valence-electron chi connectivity index (χ3n) is 3.95. The molecule has 0 bridgehead atoms. The lowest BCUT2D eigenvalue weighted by Gasteiger charge is -2.31. The fourth-order valence-electron chi connectivity index (χ4n) is 2.72. The molecule has 0 radical (unpaired) electrons. The van der Waals surface area contributed by atoms with Crippen LogP contribution in [0.1, 0.15) is 32.3 Å². The Bertz CT molecular complexity index is 527. The number of benzene rings is 1. The van der Waals surface area contributed by atoms with Crippen LogP contribution in [-0.4, -0.2) is 34.6 Å². The summed E-state index contributed by atoms with van der Waals surface area (Å²) in [5.74, 6) is -1.22. The van der Waals surface area contributed by atoms with E-state index in [0.29, 0.717) is 11.6 Å². The van der Waals surface area contributed by atoms with Gasteiger partial charge in [-0.15, -0.1) is 0 Å². The van der Waals surface area contributed by atoms with Gasteiger partial charge >= 0.3 is 5.97 Å². The molecule has 20 heavy (non-hydrogen) atoms. The zero-order valence-electron chi connectivity index (χ0n) is 11.9. The first kappa shape index (κ1) is 15.8. The van der Waals surface area contributed by atoms with Gasteiger partial charge in [-0.3, -0.25) is 9.69 Å². The van der Waals surface area contributed by atoms with Crippen molar-refractivity contribution in [3.63, 3.8) is 0 Å². The van der Waals surface area contributed by atoms with Crippen LogP contribution in [0, 0.1) is 5.92 Å². The van der Waals surface area contributed by atoms with Crippen molar-refractivity contribution < 1.29 is 9.90 Å². The Morgan fingerprint density at radius 3 is 2.55 bits per heavy atom. The maximum absolute atomic E-state index is 11.6. The highest BCUT2D eigenvalue weighted by Crippen LogP contribution is 2.39. The van der Waals surface area contributed by atoms with Crippen molar-refractivity contribution in [3.8, 4) is 0 Å². The lowest BCUT2D eigenvalue weighted by atomic mass is 9.89. The first-order valence-electron chi connectivity index (χ1n) is 6.63. The fraction of sp³-hybridized carbons (Fsp3) is 0.533. The van der Waals surface area contributed by atoms with E-state index < -0.39 is 11.9 Å². The second-order valence-corrected chi connectivity index (χ2v) is 7.62. The second kappa shape index (κ2) is 5.66. The molecule has 1 aliphatic heterocycles. The Morgan fingerprint density at radius 1 is 1.40 bits per heavy atom. The zero-order valence-corrected chi connectivity index (χ0v) is 14.2. The summed E-state index contributed by atoms with van der Waals surface area (Å²) < 4.78 is 0.906. The van der Waals surface area contributed by atoms with Crippen LogP contribution in [0.15, 0.2) is 22.7 Å². The van der Waals surface area contributed by atoms with E-state index in [-0.39, 0.29) is 11.5 Å². The average molecular weight is 361 g/mol. The summed E-state index contributed by atoms with van der Waals surface area (Å²) in [6, 6.07) is 5.68. The van der Waals surface area contributed by atoms with E-state index in [4.69, 9.17) is 11.6 Å². The molecule has 1 aliphatic rings. The van der Waals surface area contributed by atoms with Crippen LogP contribution in [0.4, 0.5) is 0 Å². The number of rotatable bonds is 2. The summed E-state index contributed by atoms with van der Waals surface area (Å²) in [4.78, 5) is 13.8. The van der Waals surface area contributed by atoms with Crippen molar-refractivity contribution in [1.82, 2.24) is 4.90 Å². The summed E-state index contributed by atoms with van der Waals surface area (Å²) >= 11 is 9.68. The van der Waals surface area contributed by atoms with E-state index in [9.17, 15) is 9.90 Å². The summed E-state index contributed by atoms with van der Waals surface area (Å²) in [5.41, 5.74) is 0.888. The normalized spacial score (nSPS) is 24.1. The van der Waals surface area contributed by atoms with Gasteiger partial charge in [-0.25, -0.2) is 0 Å². The zero-order chi connectivity index (χ0) is 15.1. The van der Waals surface area contributed by atoms with Crippen LogP contribution in [0.5, 0.6) is 0 Å². The van der Waals surface area contributed by atoms with Crippen LogP contribution in [0.2, 0.25) is 5.02 Å². The lowest BCUT2D eigenvalue weighted by Crippen LogP contribution is -2.40. The molecule has 1 aromatic carbocycles. The third kappa shape index (κ3) is 3.18. The van der Waals surface area contributed by atoms with Crippen molar-refractivity contribution in [3.05, 3.63) is 33.3 Å². The number of hydrogen-bond acceptors (Lipinski definition) is 2. The summed E-state index contributed by atoms with van der Waals surface area (Å²) in [7, 11) is 0. The van der Waals surface area contributed by atoms with Gasteiger partial charge in [0.05, 0.1) is 5.92 Å². The quantitative estimate of drug-likeness (QED) is 0.866. The highest BCUT2D eigenvalue weighted by molar-refractivity contribution is 9.10. The molecule has 1 N–H and O–H groups in total. The number of likely N-dealkylation sites (tertiary alicyclic amines) is 1. The fourth-order valence-corrected chi connectivity index (χ4v) is 3.53. The number of carboxylic acid groups (broad SMARTS) is 1. The highest BCUT2D eigenvalue weighted by Gasteiger charge is 2.42. The number of aliphatic carboxylic acids is 1. The molecule has 1 saturated heterocycles. The Hall–Kier alpha value is -0.580. The van der Waals surface area contributed by atoms with Gasteiger partial charge in [0.15, 0.2) is 0 Å². The minimum Gasteiger partial charge on any atom is -0.481 e. The van der Waals surface area contributed by atoms with Crippen LogP contribution in [0.25, 0.3) is 0 Å². The Balaban J connectivity index is 2.35. The van der Waals surface area contributed by atoms with Gasteiger partial charge in [0.1, 0.15) is 0 Å². The maximum Gasteiger partial charge on any atom is 0.308 e. The van der Waals surface area contributed by atoms with Gasteiger partial charge in [0.2, 0.25) is 0 Å². The van der Waals surface area contributed by atoms with E-state index in [1.807, 2.05) is 18.2 Å². The molecule has 0 amide bonds. The topological polar surface area (TPSA) is 40.5 Å². The largest absolute Gasteiger partial charge is 0.481 e. The highest BCUT2D eigenvalue weighted by atomic mass is 79.9. The molecule has 110 valence electrons. The SMILES string of the molecule is CC(C)(C)N1C[C@H](C(=O)O)[C@@H](c2ccc(Br)cc2Cl)C1. The van der Waals surface area contributed by atoms with Gasteiger partial charge in [0, 0.05) is 34.0 Å². The first-order chi connectivity index (χ1) is 9.20. The van der Waals surface area contributed by atoms with Gasteiger partial charge in [-0.05, 0) is 38.5 Å². The van der Waals surface area contributed by atoms with E-state index in [2.05, 4.69) is 41.6 Å². The number of halogens is 2. The Kier molecular flexibility index (Phi) is 4.47. The minimum absolute atomic E-state index is 0.0374. The molecule has 2 atom stereocenters. The molecule has 1 fully saturated rings. The number of carbonyl (C=O) groups is 1. The lowest BCUT2D eigenvalue weighted by molar-refractivity contribution is -0.141. The molecule has 0 unspecified atom stereocenters. The first-order valence-corrected chi connectivity index (χ1v) is 7.80. The molecular weight excluding hydrogens is 342 g/mol. The number of carboxylic acids is 1. The predicted molar refractivity (Wildman–Crippen MR) is 84.3 cm³/mol. The number of nitrogens with zero attached hydrogens (tertiary/aromatic N) is 1. The third-order valence-corrected chi connectivity index (χ3v) is 4.77. The molecule has 0 spiro atoms. The van der Waals surface area contributed by atoms with E-state index in [1.165, 1.54) is 0 Å². The van der Waals surface area contributed by atoms with Gasteiger partial charge in [0.25, 0.3) is 0 Å². The molecule has 0 saturated carbocycles. The standard InChI is InChI=1S/C15H19BrClNO2/c1-15(2,3)18-7-11(12(8-18)14(19)20)10-5-4-9(16)6-13(10)17/h4-6,11-12H,7-8H2,1-3H3,(H,19,20)/t11-,12+/m1/s1. The van der Waals surface area contributed by atoms with Gasteiger partial charge < -0.3 is 5.11 Å². The van der Waals surface area contributed by atoms with Gasteiger partial charge in [-0.1, -0.05) is 33.6 Å². The molecule has 0 aromatic heterocycles. The smallest absolute Gasteiger partial charge is 0.308 e. The van der Waals surface area contributed by atoms with Crippen molar-refractivity contribution >= 4 is 33.5 Å². The van der Waals surface area contributed by atoms with E-state index >= 15 is 0 Å². The average Bonchev–Trinajstić information content (AvgIpc) is 2.73. The second-order valence-electron chi connectivity index (χ2n) is 6.29. The van der Waals surface area contributed by atoms with E-state index in [1.54, 1.807) is 0 Å². The van der Waals surface area contributed by atoms with Crippen molar-refractivity contribution in [2.45, 2.75) is 32.2 Å². The van der Waals surface area contributed by atoms with Crippen molar-refractivity contribution in [1.29, 1.82) is 0 Å². The summed E-state index contributed by atoms with van der Waals surface area (Å²) in [5, 5.41) is 10.1.